The van der Waals surface area contributed by atoms with Crippen molar-refractivity contribution >= 4 is 39.0 Å². The maximum Gasteiger partial charge on any atom is 0.321 e. The normalized spacial score (nSPS) is 11.2. The second kappa shape index (κ2) is 10.9. The van der Waals surface area contributed by atoms with E-state index in [0.717, 1.165) is 6.07 Å². The summed E-state index contributed by atoms with van der Waals surface area (Å²) in [6.07, 6.45) is 0. The fourth-order valence-electron chi connectivity index (χ4n) is 3.01. The molecule has 0 aliphatic carbocycles. The van der Waals surface area contributed by atoms with Crippen LogP contribution >= 0.6 is 0 Å². The lowest BCUT2D eigenvalue weighted by atomic mass is 10.2. The smallest absolute Gasteiger partial charge is 0.321 e. The van der Waals surface area contributed by atoms with E-state index in [9.17, 15) is 28.1 Å². The van der Waals surface area contributed by atoms with Crippen LogP contribution in [0.2, 0.25) is 0 Å². The molecule has 0 saturated heterocycles. The first-order chi connectivity index (χ1) is 15.4. The Labute approximate surface area is 192 Å². The topological polar surface area (TPSA) is 139 Å². The van der Waals surface area contributed by atoms with Gasteiger partial charge in [-0.05, 0) is 38.1 Å². The number of amides is 1. The minimum atomic E-state index is -4.23. The van der Waals surface area contributed by atoms with Gasteiger partial charge in [-0.2, -0.15) is 4.72 Å². The molecule has 12 heteroatoms. The highest BCUT2D eigenvalue weighted by Gasteiger charge is 2.24. The van der Waals surface area contributed by atoms with E-state index in [1.165, 1.54) is 21.9 Å². The summed E-state index contributed by atoms with van der Waals surface area (Å²) in [7, 11) is -1.06. The van der Waals surface area contributed by atoms with Gasteiger partial charge in [-0.25, -0.2) is 8.42 Å². The fraction of sp³-hybridized carbons (Fsp3) is 0.333. The van der Waals surface area contributed by atoms with Crippen molar-refractivity contribution in [1.29, 1.82) is 0 Å². The number of para-hydroxylation sites is 1. The highest BCUT2D eigenvalue weighted by molar-refractivity contribution is 7.89. The molecule has 0 spiro atoms. The Hall–Kier alpha value is -3.51. The van der Waals surface area contributed by atoms with E-state index < -0.39 is 45.7 Å². The Bertz CT molecular complexity index is 1120. The second-order valence-electron chi connectivity index (χ2n) is 7.48. The Kier molecular flexibility index (Phi) is 8.49. The van der Waals surface area contributed by atoms with Crippen LogP contribution in [0.3, 0.4) is 0 Å². The van der Waals surface area contributed by atoms with Gasteiger partial charge in [-0.3, -0.25) is 19.7 Å². The molecule has 0 aliphatic heterocycles. The minimum absolute atomic E-state index is 0.196. The van der Waals surface area contributed by atoms with Crippen molar-refractivity contribution in [2.24, 2.45) is 0 Å². The number of carbonyl (C=O) groups excluding carboxylic acids is 2. The van der Waals surface area contributed by atoms with E-state index >= 15 is 0 Å². The van der Waals surface area contributed by atoms with Crippen molar-refractivity contribution in [3.8, 4) is 0 Å². The van der Waals surface area contributed by atoms with Gasteiger partial charge in [0.1, 0.15) is 12.2 Å². The van der Waals surface area contributed by atoms with Crippen molar-refractivity contribution in [3.05, 3.63) is 58.6 Å². The number of sulfonamides is 1. The number of rotatable bonds is 10. The van der Waals surface area contributed by atoms with E-state index in [4.69, 9.17) is 4.74 Å². The minimum Gasteiger partial charge on any atom is -0.455 e. The first kappa shape index (κ1) is 25.7. The number of nitrogens with zero attached hydrogens (tertiary/aromatic N) is 3. The molecule has 2 aromatic carbocycles. The number of benzene rings is 2. The average molecular weight is 479 g/mol. The Balaban J connectivity index is 2.02. The first-order valence-electron chi connectivity index (χ1n) is 9.92. The largest absolute Gasteiger partial charge is 0.455 e. The van der Waals surface area contributed by atoms with Gasteiger partial charge in [0, 0.05) is 31.9 Å². The summed E-state index contributed by atoms with van der Waals surface area (Å²) < 4.78 is 31.9. The third-order valence-electron chi connectivity index (χ3n) is 4.52. The molecule has 1 amide bonds. The van der Waals surface area contributed by atoms with Gasteiger partial charge in [-0.15, -0.1) is 0 Å². The van der Waals surface area contributed by atoms with Gasteiger partial charge >= 0.3 is 5.97 Å². The molecule has 0 unspecified atom stereocenters. The molecule has 0 bridgehead atoms. The standard InChI is InChI=1S/C21H26N4O7S/c1-15(2)24(16-8-6-5-7-9-16)20(26)14-32-21(27)13-22-33(30,31)17-10-11-18(23(3)4)19(12-17)25(28)29/h5-12,15,22H,13-14H2,1-4H3. The van der Waals surface area contributed by atoms with E-state index in [0.29, 0.717) is 5.69 Å². The fourth-order valence-corrected chi connectivity index (χ4v) is 4.00. The first-order valence-corrected chi connectivity index (χ1v) is 11.4. The number of carbonyl (C=O) groups is 2. The van der Waals surface area contributed by atoms with Crippen molar-refractivity contribution in [2.75, 3.05) is 37.0 Å². The van der Waals surface area contributed by atoms with Gasteiger partial charge < -0.3 is 14.5 Å². The van der Waals surface area contributed by atoms with E-state index in [-0.39, 0.29) is 16.6 Å². The number of nitro benzene ring substituents is 1. The molecule has 2 aromatic rings. The summed E-state index contributed by atoms with van der Waals surface area (Å²) in [5, 5.41) is 11.3. The number of esters is 1. The van der Waals surface area contributed by atoms with Crippen LogP contribution in [0.15, 0.2) is 53.4 Å². The zero-order chi connectivity index (χ0) is 24.8. The summed E-state index contributed by atoms with van der Waals surface area (Å²) in [5.41, 5.74) is 0.466. The maximum absolute atomic E-state index is 12.5. The summed E-state index contributed by atoms with van der Waals surface area (Å²) >= 11 is 0. The summed E-state index contributed by atoms with van der Waals surface area (Å²) in [6, 6.07) is 12.0. The molecular formula is C21H26N4O7S. The van der Waals surface area contributed by atoms with Gasteiger partial charge in [0.25, 0.3) is 11.6 Å². The lowest BCUT2D eigenvalue weighted by molar-refractivity contribution is -0.384. The van der Waals surface area contributed by atoms with Crippen LogP contribution in [-0.4, -0.2) is 58.5 Å². The Morgan fingerprint density at radius 2 is 1.76 bits per heavy atom. The molecule has 2 rings (SSSR count). The monoisotopic (exact) mass is 478 g/mol. The molecular weight excluding hydrogens is 452 g/mol. The molecule has 11 nitrogen and oxygen atoms in total. The van der Waals surface area contributed by atoms with Crippen molar-refractivity contribution in [2.45, 2.75) is 24.8 Å². The second-order valence-corrected chi connectivity index (χ2v) is 9.25. The lowest BCUT2D eigenvalue weighted by Gasteiger charge is -2.26. The molecule has 178 valence electrons. The zero-order valence-corrected chi connectivity index (χ0v) is 19.5. The Morgan fingerprint density at radius 1 is 1.12 bits per heavy atom. The van der Waals surface area contributed by atoms with Gasteiger partial charge in [-0.1, -0.05) is 18.2 Å². The van der Waals surface area contributed by atoms with E-state index in [2.05, 4.69) is 0 Å². The lowest BCUT2D eigenvalue weighted by Crippen LogP contribution is -2.40. The summed E-state index contributed by atoms with van der Waals surface area (Å²) in [4.78, 5) is 37.7. The van der Waals surface area contributed by atoms with E-state index in [1.54, 1.807) is 44.4 Å². The quantitative estimate of drug-likeness (QED) is 0.310. The van der Waals surface area contributed by atoms with Crippen LogP contribution in [0.1, 0.15) is 13.8 Å². The van der Waals surface area contributed by atoms with Crippen LogP contribution in [-0.2, 0) is 24.3 Å². The van der Waals surface area contributed by atoms with Crippen LogP contribution < -0.4 is 14.5 Å². The number of nitrogens with one attached hydrogen (secondary N) is 1. The zero-order valence-electron chi connectivity index (χ0n) is 18.7. The predicted octanol–water partition coefficient (Wildman–Crippen LogP) is 1.92. The molecule has 33 heavy (non-hydrogen) atoms. The molecule has 0 aromatic heterocycles. The highest BCUT2D eigenvalue weighted by Crippen LogP contribution is 2.29. The van der Waals surface area contributed by atoms with Crippen LogP contribution in [0.4, 0.5) is 17.1 Å². The summed E-state index contributed by atoms with van der Waals surface area (Å²) in [5.74, 6) is -1.44. The van der Waals surface area contributed by atoms with Crippen molar-refractivity contribution in [1.82, 2.24) is 4.72 Å². The average Bonchev–Trinajstić information content (AvgIpc) is 2.76. The molecule has 0 aliphatic rings. The number of hydrogen-bond donors (Lipinski definition) is 1. The molecule has 0 fully saturated rings. The molecule has 1 N–H and O–H groups in total. The van der Waals surface area contributed by atoms with Gasteiger partial charge in [0.15, 0.2) is 6.61 Å². The van der Waals surface area contributed by atoms with Crippen molar-refractivity contribution < 1.29 is 27.7 Å². The number of nitro groups is 1. The van der Waals surface area contributed by atoms with Gasteiger partial charge in [0.2, 0.25) is 10.0 Å². The number of hydrogen-bond acceptors (Lipinski definition) is 8. The van der Waals surface area contributed by atoms with Crippen molar-refractivity contribution in [3.63, 3.8) is 0 Å². The van der Waals surface area contributed by atoms with Crippen LogP contribution in [0, 0.1) is 10.1 Å². The van der Waals surface area contributed by atoms with Crippen LogP contribution in [0.5, 0.6) is 0 Å². The third-order valence-corrected chi connectivity index (χ3v) is 5.92. The number of anilines is 2. The SMILES string of the molecule is CC(C)N(C(=O)COC(=O)CNS(=O)(=O)c1ccc(N(C)C)c([N+](=O)[O-])c1)c1ccccc1. The van der Waals surface area contributed by atoms with Gasteiger partial charge in [0.05, 0.1) is 9.82 Å². The molecule has 0 saturated carbocycles. The predicted molar refractivity (Wildman–Crippen MR) is 123 cm³/mol. The third kappa shape index (κ3) is 6.73. The molecule has 0 atom stereocenters. The molecule has 0 radical (unpaired) electrons. The maximum atomic E-state index is 12.5. The number of ether oxygens (including phenoxy) is 1. The highest BCUT2D eigenvalue weighted by atomic mass is 32.2. The summed E-state index contributed by atoms with van der Waals surface area (Å²) in [6.45, 7) is 2.30. The van der Waals surface area contributed by atoms with Crippen LogP contribution in [0.25, 0.3) is 0 Å². The van der Waals surface area contributed by atoms with E-state index in [1.807, 2.05) is 18.6 Å². The molecule has 0 heterocycles. The Morgan fingerprint density at radius 3 is 2.30 bits per heavy atom.